The summed E-state index contributed by atoms with van der Waals surface area (Å²) < 4.78 is 0. The Labute approximate surface area is 207 Å². The summed E-state index contributed by atoms with van der Waals surface area (Å²) in [5.74, 6) is -0.752. The van der Waals surface area contributed by atoms with Gasteiger partial charge in [0.2, 0.25) is 0 Å². The van der Waals surface area contributed by atoms with Gasteiger partial charge in [-0.25, -0.2) is 9.59 Å². The van der Waals surface area contributed by atoms with Crippen molar-refractivity contribution in [2.45, 2.75) is 99.3 Å². The maximum absolute atomic E-state index is 11.5. The number of hydrogen-bond donors (Lipinski definition) is 2. The number of carbonyl (C=O) groups is 2. The van der Waals surface area contributed by atoms with Crippen molar-refractivity contribution in [3.05, 3.63) is 58.7 Å². The number of allylic oxidation sites excluding steroid dienone is 7. The van der Waals surface area contributed by atoms with Gasteiger partial charge >= 0.3 is 11.9 Å². The minimum absolute atomic E-state index is 0.108. The predicted molar refractivity (Wildman–Crippen MR) is 142 cm³/mol. The van der Waals surface area contributed by atoms with Gasteiger partial charge in [0.05, 0.1) is 0 Å². The molecule has 4 heteroatoms. The quantitative estimate of drug-likeness (QED) is 0.210. The van der Waals surface area contributed by atoms with E-state index in [4.69, 9.17) is 5.11 Å². The van der Waals surface area contributed by atoms with Gasteiger partial charge in [-0.3, -0.25) is 0 Å². The predicted octanol–water partition coefficient (Wildman–Crippen LogP) is 8.28. The van der Waals surface area contributed by atoms with Crippen molar-refractivity contribution in [1.82, 2.24) is 0 Å². The average molecular weight is 471 g/mol. The van der Waals surface area contributed by atoms with Gasteiger partial charge in [-0.05, 0) is 103 Å². The maximum atomic E-state index is 11.5. The van der Waals surface area contributed by atoms with Crippen LogP contribution in [-0.2, 0) is 9.59 Å². The van der Waals surface area contributed by atoms with Gasteiger partial charge in [-0.2, -0.15) is 0 Å². The van der Waals surface area contributed by atoms with Gasteiger partial charge in [0, 0.05) is 11.6 Å². The standard InChI is InChI=1S/C30H46O4/c1-21(2)10-8-12-25(29(33)34)13-9-11-22(3)14-17-26-18-16-24(5)27(30(26,6)7)19-15-23(4)20-28(31)32/h10,13-14,20,26-27H,5,8-9,11-12,15-19H2,1-4,6-7H3,(H,31,32)(H,33,34)/b22-14+,23-20+,25-13-/t26-,27+/m1/s1. The Bertz CT molecular complexity index is 847. The first-order chi connectivity index (χ1) is 15.8. The summed E-state index contributed by atoms with van der Waals surface area (Å²) >= 11 is 0. The molecule has 0 aromatic rings. The lowest BCUT2D eigenvalue weighted by atomic mass is 9.58. The zero-order valence-corrected chi connectivity index (χ0v) is 22.2. The monoisotopic (exact) mass is 470 g/mol. The highest BCUT2D eigenvalue weighted by Gasteiger charge is 2.40. The zero-order chi connectivity index (χ0) is 25.9. The third kappa shape index (κ3) is 10.3. The lowest BCUT2D eigenvalue weighted by Crippen LogP contribution is -2.37. The van der Waals surface area contributed by atoms with Crippen LogP contribution in [0, 0.1) is 17.3 Å². The lowest BCUT2D eigenvalue weighted by Gasteiger charge is -2.47. The van der Waals surface area contributed by atoms with Crippen LogP contribution in [0.5, 0.6) is 0 Å². The van der Waals surface area contributed by atoms with E-state index >= 15 is 0 Å². The summed E-state index contributed by atoms with van der Waals surface area (Å²) in [6, 6.07) is 0. The van der Waals surface area contributed by atoms with E-state index < -0.39 is 11.9 Å². The van der Waals surface area contributed by atoms with Gasteiger partial charge in [0.25, 0.3) is 0 Å². The molecule has 1 fully saturated rings. The fourth-order valence-electron chi connectivity index (χ4n) is 5.10. The smallest absolute Gasteiger partial charge is 0.331 e. The van der Waals surface area contributed by atoms with Gasteiger partial charge in [0.15, 0.2) is 0 Å². The van der Waals surface area contributed by atoms with Crippen LogP contribution in [-0.4, -0.2) is 22.2 Å². The molecule has 34 heavy (non-hydrogen) atoms. The number of carboxylic acids is 2. The van der Waals surface area contributed by atoms with E-state index in [2.05, 4.69) is 39.5 Å². The summed E-state index contributed by atoms with van der Waals surface area (Å²) in [7, 11) is 0. The molecule has 2 N–H and O–H groups in total. The lowest BCUT2D eigenvalue weighted by molar-refractivity contribution is -0.133. The van der Waals surface area contributed by atoms with E-state index in [-0.39, 0.29) is 5.41 Å². The molecule has 0 unspecified atom stereocenters. The summed E-state index contributed by atoms with van der Waals surface area (Å²) in [4.78, 5) is 22.5. The second kappa shape index (κ2) is 14.1. The van der Waals surface area contributed by atoms with Crippen LogP contribution in [0.4, 0.5) is 0 Å². The van der Waals surface area contributed by atoms with E-state index in [0.717, 1.165) is 56.9 Å². The Balaban J connectivity index is 2.71. The second-order valence-corrected chi connectivity index (χ2v) is 10.8. The molecule has 1 aliphatic carbocycles. The van der Waals surface area contributed by atoms with Crippen molar-refractivity contribution >= 4 is 11.9 Å². The minimum atomic E-state index is -0.879. The minimum Gasteiger partial charge on any atom is -0.478 e. The number of carboxylic acid groups (broad SMARTS) is 2. The molecule has 0 aromatic heterocycles. The third-order valence-electron chi connectivity index (χ3n) is 7.38. The van der Waals surface area contributed by atoms with Crippen LogP contribution in [0.2, 0.25) is 0 Å². The first kappa shape index (κ1) is 29.7. The highest BCUT2D eigenvalue weighted by Crippen LogP contribution is 2.50. The Morgan fingerprint density at radius 2 is 1.62 bits per heavy atom. The van der Waals surface area contributed by atoms with Crippen molar-refractivity contribution in [3.8, 4) is 0 Å². The first-order valence-electron chi connectivity index (χ1n) is 12.6. The fraction of sp³-hybridized carbons (Fsp3) is 0.600. The molecule has 0 heterocycles. The van der Waals surface area contributed by atoms with Crippen molar-refractivity contribution in [2.75, 3.05) is 0 Å². The maximum Gasteiger partial charge on any atom is 0.331 e. The van der Waals surface area contributed by atoms with Crippen LogP contribution in [0.15, 0.2) is 58.7 Å². The van der Waals surface area contributed by atoms with Crippen LogP contribution in [0.25, 0.3) is 0 Å². The Morgan fingerprint density at radius 3 is 2.21 bits per heavy atom. The Kier molecular flexibility index (Phi) is 12.3. The molecule has 0 aromatic carbocycles. The van der Waals surface area contributed by atoms with Gasteiger partial charge < -0.3 is 10.2 Å². The molecular weight excluding hydrogens is 424 g/mol. The number of rotatable bonds is 13. The van der Waals surface area contributed by atoms with E-state index in [1.165, 1.54) is 22.8 Å². The summed E-state index contributed by atoms with van der Waals surface area (Å²) in [6.45, 7) is 17.1. The molecule has 1 saturated carbocycles. The van der Waals surface area contributed by atoms with E-state index in [9.17, 15) is 14.7 Å². The molecule has 4 nitrogen and oxygen atoms in total. The molecule has 0 saturated heterocycles. The fourth-order valence-corrected chi connectivity index (χ4v) is 5.10. The van der Waals surface area contributed by atoms with E-state index in [0.29, 0.717) is 23.8 Å². The number of hydrogen-bond acceptors (Lipinski definition) is 2. The summed E-state index contributed by atoms with van der Waals surface area (Å²) in [6.07, 6.45) is 15.5. The molecule has 0 amide bonds. The van der Waals surface area contributed by atoms with Crippen LogP contribution < -0.4 is 0 Å². The van der Waals surface area contributed by atoms with Crippen LogP contribution in [0.1, 0.15) is 99.3 Å². The first-order valence-corrected chi connectivity index (χ1v) is 12.6. The molecule has 0 radical (unpaired) electrons. The molecule has 0 aliphatic heterocycles. The second-order valence-electron chi connectivity index (χ2n) is 10.8. The normalized spacial score (nSPS) is 21.4. The molecule has 0 bridgehead atoms. The highest BCUT2D eigenvalue weighted by molar-refractivity contribution is 5.86. The summed E-state index contributed by atoms with van der Waals surface area (Å²) in [5, 5.41) is 18.4. The largest absolute Gasteiger partial charge is 0.478 e. The Hall–Kier alpha value is -2.36. The molecule has 0 spiro atoms. The summed E-state index contributed by atoms with van der Waals surface area (Å²) in [5.41, 5.74) is 5.34. The number of aliphatic carboxylic acids is 2. The third-order valence-corrected chi connectivity index (χ3v) is 7.38. The molecule has 1 aliphatic rings. The van der Waals surface area contributed by atoms with Crippen molar-refractivity contribution in [3.63, 3.8) is 0 Å². The van der Waals surface area contributed by atoms with E-state index in [1.807, 2.05) is 26.8 Å². The Morgan fingerprint density at radius 1 is 0.971 bits per heavy atom. The van der Waals surface area contributed by atoms with Crippen molar-refractivity contribution in [2.24, 2.45) is 17.3 Å². The van der Waals surface area contributed by atoms with E-state index in [1.54, 1.807) is 0 Å². The van der Waals surface area contributed by atoms with Gasteiger partial charge in [0.1, 0.15) is 0 Å². The average Bonchev–Trinajstić information content (AvgIpc) is 2.70. The van der Waals surface area contributed by atoms with Gasteiger partial charge in [-0.15, -0.1) is 0 Å². The van der Waals surface area contributed by atoms with Crippen molar-refractivity contribution in [1.29, 1.82) is 0 Å². The topological polar surface area (TPSA) is 74.6 Å². The molecule has 190 valence electrons. The zero-order valence-electron chi connectivity index (χ0n) is 22.2. The molecule has 2 atom stereocenters. The molecular formula is C30H46O4. The molecule has 1 rings (SSSR count). The van der Waals surface area contributed by atoms with Crippen molar-refractivity contribution < 1.29 is 19.8 Å². The van der Waals surface area contributed by atoms with Crippen LogP contribution >= 0.6 is 0 Å². The SMILES string of the molecule is C=C1CC[C@@H](C/C=C(\C)CC/C=C(/CCC=C(C)C)C(=O)O)C(C)(C)[C@H]1CC/C(C)=C/C(=O)O. The van der Waals surface area contributed by atoms with Crippen LogP contribution in [0.3, 0.4) is 0 Å². The highest BCUT2D eigenvalue weighted by atomic mass is 16.4. The van der Waals surface area contributed by atoms with Gasteiger partial charge in [-0.1, -0.05) is 60.9 Å².